The first-order valence-electron chi connectivity index (χ1n) is 5.63. The predicted octanol–water partition coefficient (Wildman–Crippen LogP) is 3.84. The quantitative estimate of drug-likeness (QED) is 0.489. The van der Waals surface area contributed by atoms with Crippen LogP contribution in [0.15, 0.2) is 23.8 Å². The highest BCUT2D eigenvalue weighted by Gasteiger charge is 2.55. The second-order valence-corrected chi connectivity index (χ2v) is 5.28. The lowest BCUT2D eigenvalue weighted by atomic mass is 9.45. The van der Waals surface area contributed by atoms with Crippen molar-refractivity contribution >= 4 is 0 Å². The van der Waals surface area contributed by atoms with Crippen molar-refractivity contribution in [3.63, 3.8) is 0 Å². The predicted molar refractivity (Wildman–Crippen MR) is 55.5 cm³/mol. The Kier molecular flexibility index (Phi) is 1.38. The van der Waals surface area contributed by atoms with Crippen LogP contribution in [0.4, 0.5) is 0 Å². The number of allylic oxidation sites excluding steroid dienone is 4. The second kappa shape index (κ2) is 2.29. The Labute approximate surface area is 80.7 Å². The van der Waals surface area contributed by atoms with Crippen LogP contribution in [0.1, 0.15) is 45.4 Å². The smallest absolute Gasteiger partial charge is 0.00128 e. The van der Waals surface area contributed by atoms with Gasteiger partial charge in [0.25, 0.3) is 0 Å². The summed E-state index contributed by atoms with van der Waals surface area (Å²) in [6, 6.07) is 0. The molecular weight excluding hydrogens is 156 g/mol. The molecular formula is C13H18. The molecule has 3 rings (SSSR count). The summed E-state index contributed by atoms with van der Waals surface area (Å²) in [6.07, 6.45) is 16.0. The van der Waals surface area contributed by atoms with Crippen LogP contribution in [-0.4, -0.2) is 0 Å². The Bertz CT molecular complexity index is 297. The van der Waals surface area contributed by atoms with E-state index in [1.807, 2.05) is 0 Å². The van der Waals surface area contributed by atoms with Gasteiger partial charge in [-0.3, -0.25) is 0 Å². The van der Waals surface area contributed by atoms with E-state index in [9.17, 15) is 0 Å². The maximum atomic E-state index is 2.52. The average Bonchev–Trinajstić information content (AvgIpc) is 2.11. The molecule has 0 amide bonds. The van der Waals surface area contributed by atoms with Crippen molar-refractivity contribution in [1.29, 1.82) is 0 Å². The van der Waals surface area contributed by atoms with E-state index in [2.05, 4.69) is 25.2 Å². The van der Waals surface area contributed by atoms with Gasteiger partial charge in [-0.25, -0.2) is 0 Å². The van der Waals surface area contributed by atoms with Gasteiger partial charge in [-0.05, 0) is 32.6 Å². The molecule has 0 aromatic carbocycles. The highest BCUT2D eigenvalue weighted by molar-refractivity contribution is 5.34. The summed E-state index contributed by atoms with van der Waals surface area (Å²) in [7, 11) is 0. The van der Waals surface area contributed by atoms with Gasteiger partial charge in [0, 0.05) is 10.8 Å². The van der Waals surface area contributed by atoms with E-state index in [4.69, 9.17) is 0 Å². The van der Waals surface area contributed by atoms with E-state index in [1.54, 1.807) is 5.57 Å². The van der Waals surface area contributed by atoms with Gasteiger partial charge in [0.15, 0.2) is 0 Å². The molecule has 13 heavy (non-hydrogen) atoms. The average molecular weight is 174 g/mol. The Balaban J connectivity index is 2.02. The van der Waals surface area contributed by atoms with Crippen LogP contribution >= 0.6 is 0 Å². The highest BCUT2D eigenvalue weighted by Crippen LogP contribution is 2.65. The van der Waals surface area contributed by atoms with E-state index in [1.165, 1.54) is 38.5 Å². The molecule has 70 valence electrons. The molecule has 0 aromatic rings. The van der Waals surface area contributed by atoms with Crippen molar-refractivity contribution < 1.29 is 0 Å². The number of hydrogen-bond acceptors (Lipinski definition) is 0. The minimum absolute atomic E-state index is 0.615. The molecule has 1 fully saturated rings. The molecule has 0 heteroatoms. The molecule has 3 aliphatic rings. The molecule has 0 aromatic heterocycles. The first-order valence-corrected chi connectivity index (χ1v) is 5.63. The second-order valence-electron chi connectivity index (χ2n) is 5.28. The normalized spacial score (nSPS) is 47.3. The van der Waals surface area contributed by atoms with Crippen molar-refractivity contribution in [3.05, 3.63) is 23.8 Å². The lowest BCUT2D eigenvalue weighted by Crippen LogP contribution is -2.49. The largest absolute Gasteiger partial charge is 0.0847 e. The van der Waals surface area contributed by atoms with Gasteiger partial charge in [0.1, 0.15) is 0 Å². The van der Waals surface area contributed by atoms with Crippen molar-refractivity contribution in [2.75, 3.05) is 0 Å². The first kappa shape index (κ1) is 7.84. The topological polar surface area (TPSA) is 0 Å². The van der Waals surface area contributed by atoms with E-state index in [0.29, 0.717) is 10.8 Å². The molecule has 3 aliphatic carbocycles. The number of rotatable bonds is 0. The molecule has 0 saturated heterocycles. The van der Waals surface area contributed by atoms with Crippen molar-refractivity contribution in [2.45, 2.75) is 45.4 Å². The summed E-state index contributed by atoms with van der Waals surface area (Å²) in [5.41, 5.74) is 2.86. The summed E-state index contributed by atoms with van der Waals surface area (Å²) in [6.45, 7) is 2.30. The van der Waals surface area contributed by atoms with Crippen LogP contribution < -0.4 is 0 Å². The fourth-order valence-corrected chi connectivity index (χ4v) is 3.72. The molecule has 0 unspecified atom stereocenters. The van der Waals surface area contributed by atoms with Crippen molar-refractivity contribution in [1.82, 2.24) is 0 Å². The van der Waals surface area contributed by atoms with Crippen molar-refractivity contribution in [2.24, 2.45) is 10.8 Å². The summed E-state index contributed by atoms with van der Waals surface area (Å²) < 4.78 is 0. The standard InChI is InChI=1S/C13H18/c1-11-4-7-12-5-2-3-6-13(12,10-11)9-8-12/h4,8-9H,2-3,5-7,10H2,1H3/t12-,13+/m0/s1. The Hall–Kier alpha value is -0.520. The highest BCUT2D eigenvalue weighted by atomic mass is 14.6. The van der Waals surface area contributed by atoms with E-state index >= 15 is 0 Å². The monoisotopic (exact) mass is 174 g/mol. The molecule has 0 N–H and O–H groups in total. The molecule has 0 nitrogen and oxygen atoms in total. The zero-order chi connectivity index (χ0) is 8.94. The molecule has 0 bridgehead atoms. The molecule has 0 heterocycles. The summed E-state index contributed by atoms with van der Waals surface area (Å²) in [5.74, 6) is 0. The van der Waals surface area contributed by atoms with E-state index < -0.39 is 0 Å². The van der Waals surface area contributed by atoms with Crippen LogP contribution in [0.5, 0.6) is 0 Å². The zero-order valence-corrected chi connectivity index (χ0v) is 8.47. The number of hydrogen-bond donors (Lipinski definition) is 0. The van der Waals surface area contributed by atoms with Crippen LogP contribution in [0.25, 0.3) is 0 Å². The van der Waals surface area contributed by atoms with Crippen molar-refractivity contribution in [3.8, 4) is 0 Å². The fraction of sp³-hybridized carbons (Fsp3) is 0.692. The minimum atomic E-state index is 0.615. The fourth-order valence-electron chi connectivity index (χ4n) is 3.72. The molecule has 0 aliphatic heterocycles. The third-order valence-electron chi connectivity index (χ3n) is 4.62. The third kappa shape index (κ3) is 0.820. The third-order valence-corrected chi connectivity index (χ3v) is 4.62. The van der Waals surface area contributed by atoms with Gasteiger partial charge in [0.05, 0.1) is 0 Å². The van der Waals surface area contributed by atoms with Gasteiger partial charge in [-0.15, -0.1) is 0 Å². The Morgan fingerprint density at radius 2 is 1.77 bits per heavy atom. The van der Waals surface area contributed by atoms with E-state index in [-0.39, 0.29) is 0 Å². The zero-order valence-electron chi connectivity index (χ0n) is 8.47. The van der Waals surface area contributed by atoms with Gasteiger partial charge in [-0.1, -0.05) is 36.6 Å². The maximum absolute atomic E-state index is 2.52. The SMILES string of the molecule is CC1=CC[C@@]23C=C[C@]2(CCCC3)C1. The van der Waals surface area contributed by atoms with Gasteiger partial charge < -0.3 is 0 Å². The maximum Gasteiger partial charge on any atom is 0.00128 e. The lowest BCUT2D eigenvalue weighted by molar-refractivity contribution is 0.0344. The summed E-state index contributed by atoms with van der Waals surface area (Å²) in [5, 5.41) is 0. The first-order chi connectivity index (χ1) is 6.27. The summed E-state index contributed by atoms with van der Waals surface area (Å²) in [4.78, 5) is 0. The van der Waals surface area contributed by atoms with Gasteiger partial charge in [0.2, 0.25) is 0 Å². The lowest BCUT2D eigenvalue weighted by Gasteiger charge is -2.59. The Morgan fingerprint density at radius 1 is 1.08 bits per heavy atom. The van der Waals surface area contributed by atoms with Crippen LogP contribution in [0.3, 0.4) is 0 Å². The molecule has 0 spiro atoms. The van der Waals surface area contributed by atoms with Crippen LogP contribution in [0.2, 0.25) is 0 Å². The van der Waals surface area contributed by atoms with Gasteiger partial charge >= 0.3 is 0 Å². The molecule has 0 radical (unpaired) electrons. The van der Waals surface area contributed by atoms with Crippen LogP contribution in [0, 0.1) is 10.8 Å². The Morgan fingerprint density at radius 3 is 2.46 bits per heavy atom. The van der Waals surface area contributed by atoms with E-state index in [0.717, 1.165) is 0 Å². The minimum Gasteiger partial charge on any atom is -0.0847 e. The van der Waals surface area contributed by atoms with Crippen LogP contribution in [-0.2, 0) is 0 Å². The molecule has 1 saturated carbocycles. The summed E-state index contributed by atoms with van der Waals surface area (Å²) >= 11 is 0. The van der Waals surface area contributed by atoms with Gasteiger partial charge in [-0.2, -0.15) is 0 Å². The molecule has 2 atom stereocenters.